The third-order valence-corrected chi connectivity index (χ3v) is 4.82. The summed E-state index contributed by atoms with van der Waals surface area (Å²) < 4.78 is 5.26. The third-order valence-electron chi connectivity index (χ3n) is 4.82. The maximum absolute atomic E-state index is 11.9. The standard InChI is InChI=1S/C19H26N4O2/c1-13-19(14(2)25-21-13)17-7-5-6-16(20-17)10-15-8-9-23(11-15)12-18(24)22(3)4/h5-7,15H,8-12H2,1-4H3/t15-/m1/s1. The lowest BCUT2D eigenvalue weighted by Crippen LogP contribution is -2.35. The first-order valence-corrected chi connectivity index (χ1v) is 8.75. The minimum absolute atomic E-state index is 0.166. The highest BCUT2D eigenvalue weighted by molar-refractivity contribution is 5.77. The Bertz CT molecular complexity index is 734. The summed E-state index contributed by atoms with van der Waals surface area (Å²) >= 11 is 0. The van der Waals surface area contributed by atoms with Crippen LogP contribution in [0.1, 0.15) is 23.6 Å². The van der Waals surface area contributed by atoms with Gasteiger partial charge in [0.15, 0.2) is 0 Å². The summed E-state index contributed by atoms with van der Waals surface area (Å²) in [5.41, 5.74) is 3.87. The number of carbonyl (C=O) groups is 1. The predicted molar refractivity (Wildman–Crippen MR) is 96.2 cm³/mol. The summed E-state index contributed by atoms with van der Waals surface area (Å²) in [6, 6.07) is 6.13. The Hall–Kier alpha value is -2.21. The molecule has 0 saturated carbocycles. The fraction of sp³-hybridized carbons (Fsp3) is 0.526. The molecule has 6 nitrogen and oxygen atoms in total. The van der Waals surface area contributed by atoms with Gasteiger partial charge >= 0.3 is 0 Å². The highest BCUT2D eigenvalue weighted by Gasteiger charge is 2.25. The lowest BCUT2D eigenvalue weighted by atomic mass is 10.0. The summed E-state index contributed by atoms with van der Waals surface area (Å²) in [7, 11) is 3.61. The van der Waals surface area contributed by atoms with E-state index in [0.29, 0.717) is 12.5 Å². The van der Waals surface area contributed by atoms with Crippen LogP contribution in [0.25, 0.3) is 11.3 Å². The molecular formula is C19H26N4O2. The van der Waals surface area contributed by atoms with Crippen molar-refractivity contribution in [3.8, 4) is 11.3 Å². The molecule has 134 valence electrons. The van der Waals surface area contributed by atoms with Gasteiger partial charge in [0.1, 0.15) is 5.76 Å². The Balaban J connectivity index is 1.65. The van der Waals surface area contributed by atoms with Crippen LogP contribution in [-0.2, 0) is 11.2 Å². The van der Waals surface area contributed by atoms with Crippen molar-refractivity contribution >= 4 is 5.91 Å². The van der Waals surface area contributed by atoms with Gasteiger partial charge in [0.2, 0.25) is 5.91 Å². The number of aryl methyl sites for hydroxylation is 2. The smallest absolute Gasteiger partial charge is 0.236 e. The number of hydrogen-bond acceptors (Lipinski definition) is 5. The van der Waals surface area contributed by atoms with Crippen LogP contribution in [0, 0.1) is 19.8 Å². The molecule has 1 saturated heterocycles. The molecule has 0 aromatic carbocycles. The molecule has 2 aromatic rings. The number of likely N-dealkylation sites (N-methyl/N-ethyl adjacent to an activating group) is 1. The van der Waals surface area contributed by atoms with Crippen molar-refractivity contribution < 1.29 is 9.32 Å². The van der Waals surface area contributed by atoms with Crippen LogP contribution in [0.5, 0.6) is 0 Å². The van der Waals surface area contributed by atoms with Gasteiger partial charge in [-0.3, -0.25) is 14.7 Å². The van der Waals surface area contributed by atoms with Gasteiger partial charge in [-0.1, -0.05) is 11.2 Å². The van der Waals surface area contributed by atoms with Crippen molar-refractivity contribution in [3.05, 3.63) is 35.3 Å². The largest absolute Gasteiger partial charge is 0.361 e. The van der Waals surface area contributed by atoms with Crippen LogP contribution in [0.4, 0.5) is 0 Å². The quantitative estimate of drug-likeness (QED) is 0.834. The second-order valence-electron chi connectivity index (χ2n) is 7.10. The number of pyridine rings is 1. The fourth-order valence-corrected chi connectivity index (χ4v) is 3.43. The molecule has 3 heterocycles. The fourth-order valence-electron chi connectivity index (χ4n) is 3.43. The Morgan fingerprint density at radius 2 is 2.16 bits per heavy atom. The molecule has 1 aliphatic rings. The SMILES string of the molecule is Cc1noc(C)c1-c1cccc(C[C@H]2CCN(CC(=O)N(C)C)C2)n1. The Morgan fingerprint density at radius 1 is 1.36 bits per heavy atom. The van der Waals surface area contributed by atoms with E-state index >= 15 is 0 Å². The van der Waals surface area contributed by atoms with Crippen LogP contribution in [0.15, 0.2) is 22.7 Å². The summed E-state index contributed by atoms with van der Waals surface area (Å²) in [6.07, 6.45) is 2.04. The van der Waals surface area contributed by atoms with Crippen LogP contribution >= 0.6 is 0 Å². The van der Waals surface area contributed by atoms with Crippen LogP contribution in [0.2, 0.25) is 0 Å². The summed E-state index contributed by atoms with van der Waals surface area (Å²) in [5, 5.41) is 4.02. The summed E-state index contributed by atoms with van der Waals surface area (Å²) in [6.45, 7) is 6.30. The first-order chi connectivity index (χ1) is 11.9. The number of carbonyl (C=O) groups excluding carboxylic acids is 1. The van der Waals surface area contributed by atoms with Crippen LogP contribution in [0.3, 0.4) is 0 Å². The molecule has 0 spiro atoms. The molecule has 0 bridgehead atoms. The average molecular weight is 342 g/mol. The highest BCUT2D eigenvalue weighted by Crippen LogP contribution is 2.26. The zero-order valence-corrected chi connectivity index (χ0v) is 15.5. The van der Waals surface area contributed by atoms with E-state index in [-0.39, 0.29) is 5.91 Å². The normalized spacial score (nSPS) is 17.8. The number of likely N-dealkylation sites (tertiary alicyclic amines) is 1. The molecule has 3 rings (SSSR count). The number of hydrogen-bond donors (Lipinski definition) is 0. The molecule has 1 amide bonds. The lowest BCUT2D eigenvalue weighted by Gasteiger charge is -2.18. The van der Waals surface area contributed by atoms with Crippen molar-refractivity contribution in [1.82, 2.24) is 19.9 Å². The molecule has 0 N–H and O–H groups in total. The zero-order chi connectivity index (χ0) is 18.0. The van der Waals surface area contributed by atoms with Gasteiger partial charge < -0.3 is 9.42 Å². The van der Waals surface area contributed by atoms with Crippen molar-refractivity contribution in [3.63, 3.8) is 0 Å². The van der Waals surface area contributed by atoms with E-state index in [1.807, 2.05) is 26.0 Å². The molecule has 0 unspecified atom stereocenters. The van der Waals surface area contributed by atoms with Gasteiger partial charge in [-0.25, -0.2) is 0 Å². The first-order valence-electron chi connectivity index (χ1n) is 8.75. The second kappa shape index (κ2) is 7.35. The van der Waals surface area contributed by atoms with Crippen LogP contribution in [-0.4, -0.2) is 59.6 Å². The van der Waals surface area contributed by atoms with E-state index in [1.54, 1.807) is 19.0 Å². The highest BCUT2D eigenvalue weighted by atomic mass is 16.5. The number of amides is 1. The van der Waals surface area contributed by atoms with Gasteiger partial charge in [0.25, 0.3) is 0 Å². The molecule has 1 aliphatic heterocycles. The molecule has 6 heteroatoms. The number of rotatable bonds is 5. The van der Waals surface area contributed by atoms with Gasteiger partial charge in [0.05, 0.1) is 23.5 Å². The lowest BCUT2D eigenvalue weighted by molar-refractivity contribution is -0.129. The van der Waals surface area contributed by atoms with Gasteiger partial charge in [-0.15, -0.1) is 0 Å². The molecule has 1 fully saturated rings. The van der Waals surface area contributed by atoms with E-state index in [1.165, 1.54) is 0 Å². The minimum atomic E-state index is 0.166. The topological polar surface area (TPSA) is 62.5 Å². The van der Waals surface area contributed by atoms with Gasteiger partial charge in [0, 0.05) is 26.3 Å². The average Bonchev–Trinajstić information content (AvgIpc) is 3.14. The van der Waals surface area contributed by atoms with E-state index in [4.69, 9.17) is 9.51 Å². The molecule has 1 atom stereocenters. The van der Waals surface area contributed by atoms with E-state index < -0.39 is 0 Å². The second-order valence-corrected chi connectivity index (χ2v) is 7.10. The maximum Gasteiger partial charge on any atom is 0.236 e. The molecule has 2 aromatic heterocycles. The molecule has 0 aliphatic carbocycles. The van der Waals surface area contributed by atoms with Gasteiger partial charge in [-0.2, -0.15) is 0 Å². The van der Waals surface area contributed by atoms with E-state index in [9.17, 15) is 4.79 Å². The van der Waals surface area contributed by atoms with E-state index in [2.05, 4.69) is 16.1 Å². The molecule has 25 heavy (non-hydrogen) atoms. The molecule has 0 radical (unpaired) electrons. The van der Waals surface area contributed by atoms with Crippen molar-refractivity contribution in [1.29, 1.82) is 0 Å². The van der Waals surface area contributed by atoms with Crippen molar-refractivity contribution in [2.45, 2.75) is 26.7 Å². The third kappa shape index (κ3) is 4.07. The predicted octanol–water partition coefficient (Wildman–Crippen LogP) is 2.31. The number of aromatic nitrogens is 2. The van der Waals surface area contributed by atoms with Crippen molar-refractivity contribution in [2.75, 3.05) is 33.7 Å². The molecular weight excluding hydrogens is 316 g/mol. The first kappa shape index (κ1) is 17.6. The summed E-state index contributed by atoms with van der Waals surface area (Å²) in [4.78, 5) is 20.6. The zero-order valence-electron chi connectivity index (χ0n) is 15.5. The van der Waals surface area contributed by atoms with E-state index in [0.717, 1.165) is 54.3 Å². The monoisotopic (exact) mass is 342 g/mol. The van der Waals surface area contributed by atoms with Crippen molar-refractivity contribution in [2.24, 2.45) is 5.92 Å². The Kier molecular flexibility index (Phi) is 5.18. The minimum Gasteiger partial charge on any atom is -0.361 e. The Labute approximate surface area is 148 Å². The van der Waals surface area contributed by atoms with Crippen LogP contribution < -0.4 is 0 Å². The maximum atomic E-state index is 11.9. The number of nitrogens with zero attached hydrogens (tertiary/aromatic N) is 4. The Morgan fingerprint density at radius 3 is 2.84 bits per heavy atom. The summed E-state index contributed by atoms with van der Waals surface area (Å²) in [5.74, 6) is 1.51. The van der Waals surface area contributed by atoms with Gasteiger partial charge in [-0.05, 0) is 51.3 Å².